The average molecular weight is 270 g/mol. The monoisotopic (exact) mass is 270 g/mol. The molecule has 1 atom stereocenters. The Labute approximate surface area is 121 Å². The Balaban J connectivity index is 1.90. The van der Waals surface area contributed by atoms with Crippen LogP contribution in [0.3, 0.4) is 0 Å². The second-order valence-electron chi connectivity index (χ2n) is 5.29. The first kappa shape index (κ1) is 14.7. The van der Waals surface area contributed by atoms with Crippen LogP contribution >= 0.6 is 0 Å². The van der Waals surface area contributed by atoms with E-state index in [1.165, 1.54) is 24.8 Å². The molecule has 0 radical (unpaired) electrons. The highest BCUT2D eigenvalue weighted by atomic mass is 16.3. The highest BCUT2D eigenvalue weighted by molar-refractivity contribution is 5.16. The number of aromatic nitrogens is 1. The molecule has 0 spiro atoms. The largest absolute Gasteiger partial charge is 0.382 e. The maximum absolute atomic E-state index is 10.2. The second-order valence-corrected chi connectivity index (χ2v) is 5.29. The van der Waals surface area contributed by atoms with E-state index in [0.717, 1.165) is 12.0 Å². The van der Waals surface area contributed by atoms with Crippen LogP contribution < -0.4 is 4.57 Å². The maximum atomic E-state index is 10.2. The summed E-state index contributed by atoms with van der Waals surface area (Å²) >= 11 is 0. The molecular weight excluding hydrogens is 246 g/mol. The maximum Gasteiger partial charge on any atom is 0.178 e. The number of aryl methyl sites for hydroxylation is 1. The van der Waals surface area contributed by atoms with E-state index in [9.17, 15) is 5.11 Å². The number of benzene rings is 1. The third-order valence-electron chi connectivity index (χ3n) is 3.60. The molecule has 0 saturated carbocycles. The van der Waals surface area contributed by atoms with Gasteiger partial charge >= 0.3 is 0 Å². The van der Waals surface area contributed by atoms with Crippen molar-refractivity contribution in [3.63, 3.8) is 0 Å². The molecule has 1 N–H and O–H groups in total. The van der Waals surface area contributed by atoms with E-state index < -0.39 is 6.10 Å². The second kappa shape index (κ2) is 7.81. The average Bonchev–Trinajstić information content (AvgIpc) is 2.50. The van der Waals surface area contributed by atoms with Gasteiger partial charge in [-0.25, -0.2) is 4.57 Å². The summed E-state index contributed by atoms with van der Waals surface area (Å²) in [4.78, 5) is 0. The molecule has 20 heavy (non-hydrogen) atoms. The van der Waals surface area contributed by atoms with Crippen LogP contribution in [0.15, 0.2) is 54.9 Å². The minimum Gasteiger partial charge on any atom is -0.382 e. The van der Waals surface area contributed by atoms with Gasteiger partial charge in [0.05, 0.1) is 0 Å². The number of nitrogens with zero attached hydrogens (tertiary/aromatic N) is 1. The molecule has 2 nitrogen and oxygen atoms in total. The number of unbranched alkanes of at least 4 members (excludes halogenated alkanes) is 2. The first-order chi connectivity index (χ1) is 9.79. The van der Waals surface area contributed by atoms with Gasteiger partial charge in [-0.05, 0) is 24.0 Å². The lowest BCUT2D eigenvalue weighted by atomic mass is 10.1. The summed E-state index contributed by atoms with van der Waals surface area (Å²) in [6.07, 6.45) is 8.63. The molecule has 1 aromatic heterocycles. The van der Waals surface area contributed by atoms with Gasteiger partial charge in [-0.15, -0.1) is 0 Å². The first-order valence-corrected chi connectivity index (χ1v) is 7.50. The number of pyridine rings is 1. The molecule has 0 aliphatic rings. The summed E-state index contributed by atoms with van der Waals surface area (Å²) in [6.45, 7) is 2.82. The van der Waals surface area contributed by atoms with E-state index in [4.69, 9.17) is 0 Å². The quantitative estimate of drug-likeness (QED) is 0.605. The summed E-state index contributed by atoms with van der Waals surface area (Å²) in [7, 11) is 0. The van der Waals surface area contributed by atoms with E-state index in [-0.39, 0.29) is 0 Å². The van der Waals surface area contributed by atoms with Gasteiger partial charge in [0.1, 0.15) is 6.10 Å². The summed E-state index contributed by atoms with van der Waals surface area (Å²) in [5.74, 6) is 0. The number of hydrogen-bond acceptors (Lipinski definition) is 1. The van der Waals surface area contributed by atoms with Crippen LogP contribution in [-0.4, -0.2) is 5.11 Å². The molecule has 2 rings (SSSR count). The number of hydrogen-bond donors (Lipinski definition) is 1. The van der Waals surface area contributed by atoms with E-state index in [0.29, 0.717) is 6.54 Å². The van der Waals surface area contributed by atoms with Gasteiger partial charge in [0.25, 0.3) is 0 Å². The van der Waals surface area contributed by atoms with Crippen molar-refractivity contribution in [2.75, 3.05) is 0 Å². The molecule has 0 saturated heterocycles. The standard InChI is InChI=1S/C18H24NO/c1-2-3-5-8-16-11-13-19(14-12-16)15-18(20)17-9-6-4-7-10-17/h4,6-7,9-14,18,20H,2-3,5,8,15H2,1H3/q+1/t18-/m0/s1. The van der Waals surface area contributed by atoms with E-state index in [1.807, 2.05) is 34.9 Å². The highest BCUT2D eigenvalue weighted by Gasteiger charge is 2.12. The van der Waals surface area contributed by atoms with Crippen molar-refractivity contribution in [2.45, 2.75) is 45.3 Å². The molecule has 0 unspecified atom stereocenters. The first-order valence-electron chi connectivity index (χ1n) is 7.50. The number of aliphatic hydroxyl groups excluding tert-OH is 1. The molecule has 0 amide bonds. The lowest BCUT2D eigenvalue weighted by molar-refractivity contribution is -0.704. The van der Waals surface area contributed by atoms with Crippen LogP contribution in [-0.2, 0) is 13.0 Å². The molecule has 0 bridgehead atoms. The van der Waals surface area contributed by atoms with E-state index in [2.05, 4.69) is 31.5 Å². The summed E-state index contributed by atoms with van der Waals surface area (Å²) in [5, 5.41) is 10.2. The topological polar surface area (TPSA) is 24.1 Å². The molecule has 0 fully saturated rings. The zero-order chi connectivity index (χ0) is 14.2. The smallest absolute Gasteiger partial charge is 0.178 e. The van der Waals surface area contributed by atoms with E-state index in [1.54, 1.807) is 0 Å². The Kier molecular flexibility index (Phi) is 5.75. The van der Waals surface area contributed by atoms with Gasteiger partial charge in [-0.3, -0.25) is 0 Å². The Bertz CT molecular complexity index is 493. The molecule has 106 valence electrons. The van der Waals surface area contributed by atoms with E-state index >= 15 is 0 Å². The molecule has 2 heteroatoms. The molecule has 2 aromatic rings. The SMILES string of the molecule is CCCCCc1cc[n+](C[C@H](O)c2ccccc2)cc1. The van der Waals surface area contributed by atoms with Crippen LogP contribution in [0.25, 0.3) is 0 Å². The van der Waals surface area contributed by atoms with Crippen molar-refractivity contribution in [2.24, 2.45) is 0 Å². The Hall–Kier alpha value is -1.67. The van der Waals surface area contributed by atoms with Gasteiger partial charge in [-0.1, -0.05) is 50.1 Å². The van der Waals surface area contributed by atoms with Crippen LogP contribution in [0, 0.1) is 0 Å². The predicted octanol–water partition coefficient (Wildman–Crippen LogP) is 3.44. The van der Waals surface area contributed by atoms with Gasteiger partial charge in [-0.2, -0.15) is 0 Å². The van der Waals surface area contributed by atoms with Crippen molar-refractivity contribution < 1.29 is 9.67 Å². The lowest BCUT2D eigenvalue weighted by Crippen LogP contribution is -2.36. The van der Waals surface area contributed by atoms with Crippen molar-refractivity contribution in [1.82, 2.24) is 0 Å². The van der Waals surface area contributed by atoms with Crippen molar-refractivity contribution in [1.29, 1.82) is 0 Å². The van der Waals surface area contributed by atoms with Crippen LogP contribution in [0.1, 0.15) is 43.4 Å². The normalized spacial score (nSPS) is 12.3. The van der Waals surface area contributed by atoms with Gasteiger partial charge in [0.15, 0.2) is 18.9 Å². The zero-order valence-corrected chi connectivity index (χ0v) is 12.2. The van der Waals surface area contributed by atoms with Gasteiger partial charge in [0.2, 0.25) is 0 Å². The summed E-state index contributed by atoms with van der Waals surface area (Å²) in [6, 6.07) is 14.1. The fourth-order valence-electron chi connectivity index (χ4n) is 2.34. The molecule has 1 heterocycles. The van der Waals surface area contributed by atoms with Crippen molar-refractivity contribution in [3.8, 4) is 0 Å². The predicted molar refractivity (Wildman–Crippen MR) is 81.3 cm³/mol. The van der Waals surface area contributed by atoms with Gasteiger partial charge < -0.3 is 5.11 Å². The molecule has 1 aromatic carbocycles. The Morgan fingerprint density at radius 3 is 2.35 bits per heavy atom. The van der Waals surface area contributed by atoms with Crippen LogP contribution in [0.2, 0.25) is 0 Å². The third kappa shape index (κ3) is 4.46. The van der Waals surface area contributed by atoms with Crippen LogP contribution in [0.5, 0.6) is 0 Å². The highest BCUT2D eigenvalue weighted by Crippen LogP contribution is 2.12. The Morgan fingerprint density at radius 1 is 1.00 bits per heavy atom. The molecule has 0 aliphatic carbocycles. The Morgan fingerprint density at radius 2 is 1.70 bits per heavy atom. The number of rotatable bonds is 7. The van der Waals surface area contributed by atoms with Gasteiger partial charge in [0, 0.05) is 12.1 Å². The number of aliphatic hydroxyl groups is 1. The van der Waals surface area contributed by atoms with Crippen LogP contribution in [0.4, 0.5) is 0 Å². The van der Waals surface area contributed by atoms with Crippen molar-refractivity contribution in [3.05, 3.63) is 66.0 Å². The minimum absolute atomic E-state index is 0.452. The fraction of sp³-hybridized carbons (Fsp3) is 0.389. The minimum atomic E-state index is -0.452. The summed E-state index contributed by atoms with van der Waals surface area (Å²) < 4.78 is 2.04. The third-order valence-corrected chi connectivity index (χ3v) is 3.60. The lowest BCUT2D eigenvalue weighted by Gasteiger charge is -2.07. The summed E-state index contributed by atoms with van der Waals surface area (Å²) in [5.41, 5.74) is 2.34. The molecular formula is C18H24NO+. The zero-order valence-electron chi connectivity index (χ0n) is 12.2. The molecule has 0 aliphatic heterocycles. The van der Waals surface area contributed by atoms with Crippen molar-refractivity contribution >= 4 is 0 Å². The fourth-order valence-corrected chi connectivity index (χ4v) is 2.34.